The molecule has 0 radical (unpaired) electrons. The molecule has 1 aromatic carbocycles. The maximum atomic E-state index is 11.6. The smallest absolute Gasteiger partial charge is 0.338 e. The zero-order chi connectivity index (χ0) is 14.5. The number of aromatic nitrogens is 2. The maximum Gasteiger partial charge on any atom is 0.338 e. The summed E-state index contributed by atoms with van der Waals surface area (Å²) < 4.78 is 4.76. The van der Waals surface area contributed by atoms with Crippen molar-refractivity contribution in [1.82, 2.24) is 9.97 Å². The van der Waals surface area contributed by atoms with Crippen molar-refractivity contribution in [3.8, 4) is 0 Å². The molecule has 1 heterocycles. The quantitative estimate of drug-likeness (QED) is 0.865. The van der Waals surface area contributed by atoms with Crippen molar-refractivity contribution in [3.63, 3.8) is 0 Å². The summed E-state index contributed by atoms with van der Waals surface area (Å²) in [6.45, 7) is 4.32. The lowest BCUT2D eigenvalue weighted by Gasteiger charge is -2.12. The minimum atomic E-state index is -0.330. The fraction of sp³-hybridized carbons (Fsp3) is 0.267. The Morgan fingerprint density at radius 3 is 2.80 bits per heavy atom. The molecule has 2 rings (SSSR count). The van der Waals surface area contributed by atoms with E-state index in [-0.39, 0.29) is 5.97 Å². The van der Waals surface area contributed by atoms with Crippen LogP contribution in [-0.2, 0) is 11.3 Å². The number of hydrogen-bond acceptors (Lipinski definition) is 5. The van der Waals surface area contributed by atoms with Gasteiger partial charge in [0.2, 0.25) is 0 Å². The van der Waals surface area contributed by atoms with E-state index in [0.29, 0.717) is 12.1 Å². The van der Waals surface area contributed by atoms with Crippen LogP contribution in [0, 0.1) is 13.8 Å². The van der Waals surface area contributed by atoms with Gasteiger partial charge in [-0.15, -0.1) is 0 Å². The van der Waals surface area contributed by atoms with Gasteiger partial charge in [-0.2, -0.15) is 0 Å². The largest absolute Gasteiger partial charge is 0.465 e. The Hall–Kier alpha value is -2.43. The molecule has 5 nitrogen and oxygen atoms in total. The van der Waals surface area contributed by atoms with Gasteiger partial charge >= 0.3 is 5.97 Å². The summed E-state index contributed by atoms with van der Waals surface area (Å²) >= 11 is 0. The summed E-state index contributed by atoms with van der Waals surface area (Å²) in [6.07, 6.45) is 1.73. The molecule has 1 aromatic heterocycles. The fourth-order valence-electron chi connectivity index (χ4n) is 1.95. The van der Waals surface area contributed by atoms with Gasteiger partial charge in [-0.05, 0) is 37.6 Å². The molecule has 1 N–H and O–H groups in total. The molecule has 5 heteroatoms. The number of ether oxygens (including phenoxy) is 1. The zero-order valence-corrected chi connectivity index (χ0v) is 11.8. The van der Waals surface area contributed by atoms with E-state index in [2.05, 4.69) is 15.3 Å². The predicted molar refractivity (Wildman–Crippen MR) is 76.6 cm³/mol. The summed E-state index contributed by atoms with van der Waals surface area (Å²) in [6, 6.07) is 7.36. The summed E-state index contributed by atoms with van der Waals surface area (Å²) in [5.41, 5.74) is 3.23. The molecule has 104 valence electrons. The second-order valence-electron chi connectivity index (χ2n) is 4.42. The number of carbonyl (C=O) groups is 1. The number of methoxy groups -OCH3 is 1. The van der Waals surface area contributed by atoms with E-state index < -0.39 is 0 Å². The van der Waals surface area contributed by atoms with Gasteiger partial charge in [-0.1, -0.05) is 6.07 Å². The van der Waals surface area contributed by atoms with Crippen molar-refractivity contribution in [2.75, 3.05) is 12.4 Å². The average molecular weight is 271 g/mol. The SMILES string of the molecule is COC(=O)c1cccc(NCc2ccnc(C)n2)c1C. The topological polar surface area (TPSA) is 64.1 Å². The number of carbonyl (C=O) groups excluding carboxylic acids is 1. The molecule has 2 aromatic rings. The van der Waals surface area contributed by atoms with Crippen LogP contribution in [0.1, 0.15) is 27.4 Å². The third kappa shape index (κ3) is 3.12. The molecule has 0 saturated heterocycles. The van der Waals surface area contributed by atoms with E-state index in [1.54, 1.807) is 12.3 Å². The highest BCUT2D eigenvalue weighted by atomic mass is 16.5. The van der Waals surface area contributed by atoms with Crippen LogP contribution in [0.4, 0.5) is 5.69 Å². The van der Waals surface area contributed by atoms with Gasteiger partial charge in [-0.3, -0.25) is 0 Å². The van der Waals surface area contributed by atoms with Gasteiger partial charge in [0.15, 0.2) is 0 Å². The van der Waals surface area contributed by atoms with Crippen molar-refractivity contribution in [3.05, 3.63) is 53.1 Å². The second kappa shape index (κ2) is 6.14. The molecular formula is C15H17N3O2. The first-order valence-corrected chi connectivity index (χ1v) is 6.32. The number of aryl methyl sites for hydroxylation is 1. The monoisotopic (exact) mass is 271 g/mol. The molecule has 0 atom stereocenters. The molecule has 0 aliphatic carbocycles. The first-order valence-electron chi connectivity index (χ1n) is 6.32. The summed E-state index contributed by atoms with van der Waals surface area (Å²) in [5, 5.41) is 3.28. The minimum absolute atomic E-state index is 0.330. The lowest BCUT2D eigenvalue weighted by atomic mass is 10.1. The van der Waals surface area contributed by atoms with Crippen molar-refractivity contribution >= 4 is 11.7 Å². The van der Waals surface area contributed by atoms with E-state index in [9.17, 15) is 4.79 Å². The normalized spacial score (nSPS) is 10.2. The van der Waals surface area contributed by atoms with Crippen molar-refractivity contribution in [1.29, 1.82) is 0 Å². The summed E-state index contributed by atoms with van der Waals surface area (Å²) in [4.78, 5) is 20.0. The standard InChI is InChI=1S/C15H17N3O2/c1-10-13(15(19)20-3)5-4-6-14(10)17-9-12-7-8-16-11(2)18-12/h4-8,17H,9H2,1-3H3. The molecular weight excluding hydrogens is 254 g/mol. The minimum Gasteiger partial charge on any atom is -0.465 e. The zero-order valence-electron chi connectivity index (χ0n) is 11.8. The molecule has 0 aliphatic heterocycles. The molecule has 0 aliphatic rings. The lowest BCUT2D eigenvalue weighted by molar-refractivity contribution is 0.0600. The molecule has 0 spiro atoms. The van der Waals surface area contributed by atoms with E-state index in [0.717, 1.165) is 22.8 Å². The highest BCUT2D eigenvalue weighted by molar-refractivity contribution is 5.92. The highest BCUT2D eigenvalue weighted by Crippen LogP contribution is 2.20. The van der Waals surface area contributed by atoms with Crippen LogP contribution in [0.25, 0.3) is 0 Å². The number of hydrogen-bond donors (Lipinski definition) is 1. The summed E-state index contributed by atoms with van der Waals surface area (Å²) in [5.74, 6) is 0.411. The highest BCUT2D eigenvalue weighted by Gasteiger charge is 2.11. The first kappa shape index (κ1) is 14.0. The molecule has 0 saturated carbocycles. The first-order chi connectivity index (χ1) is 9.61. The Bertz CT molecular complexity index is 626. The van der Waals surface area contributed by atoms with E-state index in [1.165, 1.54) is 7.11 Å². The Morgan fingerprint density at radius 2 is 2.10 bits per heavy atom. The van der Waals surface area contributed by atoms with Crippen molar-refractivity contribution in [2.45, 2.75) is 20.4 Å². The van der Waals surface area contributed by atoms with Crippen LogP contribution >= 0.6 is 0 Å². The van der Waals surface area contributed by atoms with E-state index in [1.807, 2.05) is 32.0 Å². The Labute approximate surface area is 118 Å². The van der Waals surface area contributed by atoms with E-state index in [4.69, 9.17) is 4.74 Å². The van der Waals surface area contributed by atoms with Crippen LogP contribution in [-0.4, -0.2) is 23.0 Å². The van der Waals surface area contributed by atoms with Gasteiger partial charge in [0.25, 0.3) is 0 Å². The number of esters is 1. The van der Waals surface area contributed by atoms with E-state index >= 15 is 0 Å². The number of nitrogens with zero attached hydrogens (tertiary/aromatic N) is 2. The second-order valence-corrected chi connectivity index (χ2v) is 4.42. The third-order valence-corrected chi connectivity index (χ3v) is 3.03. The molecule has 0 bridgehead atoms. The van der Waals surface area contributed by atoms with Gasteiger partial charge in [0.1, 0.15) is 5.82 Å². The summed E-state index contributed by atoms with van der Waals surface area (Å²) in [7, 11) is 1.38. The Morgan fingerprint density at radius 1 is 1.30 bits per heavy atom. The fourth-order valence-corrected chi connectivity index (χ4v) is 1.95. The van der Waals surface area contributed by atoms with Crippen LogP contribution < -0.4 is 5.32 Å². The van der Waals surface area contributed by atoms with Crippen LogP contribution in [0.2, 0.25) is 0 Å². The number of rotatable bonds is 4. The Balaban J connectivity index is 2.16. The molecule has 0 amide bonds. The predicted octanol–water partition coefficient (Wildman–Crippen LogP) is 2.49. The lowest BCUT2D eigenvalue weighted by Crippen LogP contribution is -2.08. The van der Waals surface area contributed by atoms with Crippen LogP contribution in [0.5, 0.6) is 0 Å². The number of benzene rings is 1. The number of anilines is 1. The maximum absolute atomic E-state index is 11.6. The van der Waals surface area contributed by atoms with Crippen LogP contribution in [0.15, 0.2) is 30.5 Å². The molecule has 0 unspecified atom stereocenters. The van der Waals surface area contributed by atoms with Crippen LogP contribution in [0.3, 0.4) is 0 Å². The van der Waals surface area contributed by atoms with Gasteiger partial charge in [-0.25, -0.2) is 14.8 Å². The van der Waals surface area contributed by atoms with Crippen molar-refractivity contribution < 1.29 is 9.53 Å². The average Bonchev–Trinajstić information content (AvgIpc) is 2.45. The van der Waals surface area contributed by atoms with Crippen molar-refractivity contribution in [2.24, 2.45) is 0 Å². The third-order valence-electron chi connectivity index (χ3n) is 3.03. The van der Waals surface area contributed by atoms with Gasteiger partial charge < -0.3 is 10.1 Å². The molecule has 20 heavy (non-hydrogen) atoms. The Kier molecular flexibility index (Phi) is 4.30. The van der Waals surface area contributed by atoms with Gasteiger partial charge in [0, 0.05) is 11.9 Å². The molecule has 0 fully saturated rings. The van der Waals surface area contributed by atoms with Gasteiger partial charge in [0.05, 0.1) is 24.9 Å². The number of nitrogens with one attached hydrogen (secondary N) is 1.